The number of carbonyl (C=O) groups is 3. The molecule has 0 radical (unpaired) electrons. The Morgan fingerprint density at radius 3 is 2.71 bits per heavy atom. The van der Waals surface area contributed by atoms with E-state index in [9.17, 15) is 14.4 Å². The van der Waals surface area contributed by atoms with Crippen LogP contribution in [0, 0.1) is 5.92 Å². The zero-order valence-corrected chi connectivity index (χ0v) is 13.6. The second-order valence-electron chi connectivity index (χ2n) is 5.38. The van der Waals surface area contributed by atoms with Crippen LogP contribution in [-0.4, -0.2) is 50.2 Å². The molecule has 0 saturated carbocycles. The average Bonchev–Trinajstić information content (AvgIpc) is 2.95. The molecule has 130 valence electrons. The van der Waals surface area contributed by atoms with Crippen LogP contribution in [0.4, 0.5) is 5.69 Å². The Morgan fingerprint density at radius 1 is 1.33 bits per heavy atom. The molecule has 1 atom stereocenters. The summed E-state index contributed by atoms with van der Waals surface area (Å²) in [6.45, 7) is 0.269. The number of hydrogen-bond donors (Lipinski definition) is 2. The fourth-order valence-corrected chi connectivity index (χ4v) is 2.56. The molecule has 0 spiro atoms. The number of nitrogens with one attached hydrogen (secondary N) is 1. The second kappa shape index (κ2) is 7.67. The standard InChI is InChI=1S/C16H20N2O6/c1-23-11-3-4-12(13(8-11)24-2)18-9-10(7-14(18)19)16(22)17-6-5-15(20)21/h3-4,8,10H,5-7,9H2,1-2H3,(H,17,22)(H,20,21)/t10-/m0/s1. The molecule has 1 heterocycles. The number of hydrogen-bond acceptors (Lipinski definition) is 5. The first kappa shape index (κ1) is 17.6. The van der Waals surface area contributed by atoms with Crippen LogP contribution in [0.15, 0.2) is 18.2 Å². The number of carboxylic acids is 1. The van der Waals surface area contributed by atoms with Crippen molar-refractivity contribution >= 4 is 23.5 Å². The zero-order chi connectivity index (χ0) is 17.7. The highest BCUT2D eigenvalue weighted by Gasteiger charge is 2.36. The Hall–Kier alpha value is -2.77. The van der Waals surface area contributed by atoms with Gasteiger partial charge in [0.2, 0.25) is 11.8 Å². The van der Waals surface area contributed by atoms with Crippen LogP contribution in [0.25, 0.3) is 0 Å². The highest BCUT2D eigenvalue weighted by atomic mass is 16.5. The summed E-state index contributed by atoms with van der Waals surface area (Å²) in [6.07, 6.45) is -0.0729. The minimum absolute atomic E-state index is 0.0463. The summed E-state index contributed by atoms with van der Waals surface area (Å²) in [5.41, 5.74) is 0.573. The third kappa shape index (κ3) is 3.95. The summed E-state index contributed by atoms with van der Waals surface area (Å²) >= 11 is 0. The van der Waals surface area contributed by atoms with E-state index in [1.807, 2.05) is 0 Å². The van der Waals surface area contributed by atoms with Crippen molar-refractivity contribution in [1.82, 2.24) is 5.32 Å². The number of rotatable bonds is 7. The molecule has 1 aromatic rings. The van der Waals surface area contributed by atoms with Gasteiger partial charge in [-0.15, -0.1) is 0 Å². The molecule has 0 bridgehead atoms. The summed E-state index contributed by atoms with van der Waals surface area (Å²) in [5.74, 6) is -0.920. The maximum absolute atomic E-state index is 12.3. The molecule has 8 nitrogen and oxygen atoms in total. The lowest BCUT2D eigenvalue weighted by Crippen LogP contribution is -2.34. The third-order valence-electron chi connectivity index (χ3n) is 3.81. The lowest BCUT2D eigenvalue weighted by molar-refractivity contribution is -0.137. The van der Waals surface area contributed by atoms with E-state index in [0.717, 1.165) is 0 Å². The second-order valence-corrected chi connectivity index (χ2v) is 5.38. The van der Waals surface area contributed by atoms with Gasteiger partial charge in [-0.05, 0) is 12.1 Å². The molecule has 8 heteroatoms. The Morgan fingerprint density at radius 2 is 2.08 bits per heavy atom. The molecule has 2 N–H and O–H groups in total. The van der Waals surface area contributed by atoms with Crippen molar-refractivity contribution in [2.75, 3.05) is 32.2 Å². The van der Waals surface area contributed by atoms with Crippen LogP contribution in [0.3, 0.4) is 0 Å². The first-order valence-corrected chi connectivity index (χ1v) is 7.48. The molecule has 1 aliphatic heterocycles. The van der Waals surface area contributed by atoms with Gasteiger partial charge < -0.3 is 24.8 Å². The van der Waals surface area contributed by atoms with Gasteiger partial charge in [0, 0.05) is 25.6 Å². The van der Waals surface area contributed by atoms with Crippen molar-refractivity contribution in [3.63, 3.8) is 0 Å². The van der Waals surface area contributed by atoms with Crippen LogP contribution >= 0.6 is 0 Å². The van der Waals surface area contributed by atoms with E-state index in [2.05, 4.69) is 5.32 Å². The minimum atomic E-state index is -0.984. The van der Waals surface area contributed by atoms with E-state index in [1.54, 1.807) is 18.2 Å². The molecule has 24 heavy (non-hydrogen) atoms. The number of ether oxygens (including phenoxy) is 2. The van der Waals surface area contributed by atoms with Gasteiger partial charge in [-0.3, -0.25) is 14.4 Å². The molecule has 1 aliphatic rings. The number of anilines is 1. The summed E-state index contributed by atoms with van der Waals surface area (Å²) in [4.78, 5) is 36.3. The fraction of sp³-hybridized carbons (Fsp3) is 0.438. The minimum Gasteiger partial charge on any atom is -0.497 e. The van der Waals surface area contributed by atoms with Gasteiger partial charge >= 0.3 is 5.97 Å². The van der Waals surface area contributed by atoms with Crippen LogP contribution in [0.1, 0.15) is 12.8 Å². The summed E-state index contributed by atoms with van der Waals surface area (Å²) in [5, 5.41) is 11.1. The van der Waals surface area contributed by atoms with E-state index in [0.29, 0.717) is 17.2 Å². The number of aliphatic carboxylic acids is 1. The largest absolute Gasteiger partial charge is 0.497 e. The number of carbonyl (C=O) groups excluding carboxylic acids is 2. The number of carboxylic acid groups (broad SMARTS) is 1. The Balaban J connectivity index is 2.07. The first-order chi connectivity index (χ1) is 11.5. The Labute approximate surface area is 139 Å². The molecule has 1 aromatic carbocycles. The normalized spacial score (nSPS) is 16.8. The Kier molecular flexibility index (Phi) is 5.62. The highest BCUT2D eigenvalue weighted by Crippen LogP contribution is 2.35. The molecular formula is C16H20N2O6. The maximum Gasteiger partial charge on any atom is 0.305 e. The van der Waals surface area contributed by atoms with Gasteiger partial charge in [0.25, 0.3) is 0 Å². The monoisotopic (exact) mass is 336 g/mol. The molecule has 1 fully saturated rings. The van der Waals surface area contributed by atoms with Crippen molar-refractivity contribution in [1.29, 1.82) is 0 Å². The number of amides is 2. The molecule has 0 unspecified atom stereocenters. The van der Waals surface area contributed by atoms with Gasteiger partial charge in [0.05, 0.1) is 32.2 Å². The van der Waals surface area contributed by atoms with Crippen molar-refractivity contribution in [2.24, 2.45) is 5.92 Å². The molecule has 0 aromatic heterocycles. The van der Waals surface area contributed by atoms with Gasteiger partial charge in [-0.25, -0.2) is 0 Å². The van der Waals surface area contributed by atoms with E-state index >= 15 is 0 Å². The van der Waals surface area contributed by atoms with Crippen molar-refractivity contribution in [3.05, 3.63) is 18.2 Å². The van der Waals surface area contributed by atoms with Gasteiger partial charge in [-0.2, -0.15) is 0 Å². The van der Waals surface area contributed by atoms with Crippen molar-refractivity contribution in [2.45, 2.75) is 12.8 Å². The SMILES string of the molecule is COc1ccc(N2C[C@@H](C(=O)NCCC(=O)O)CC2=O)c(OC)c1. The number of nitrogens with zero attached hydrogens (tertiary/aromatic N) is 1. The number of benzene rings is 1. The van der Waals surface area contributed by atoms with E-state index < -0.39 is 11.9 Å². The maximum atomic E-state index is 12.3. The molecule has 1 saturated heterocycles. The smallest absolute Gasteiger partial charge is 0.305 e. The van der Waals surface area contributed by atoms with E-state index in [1.165, 1.54) is 19.1 Å². The average molecular weight is 336 g/mol. The summed E-state index contributed by atoms with van der Waals surface area (Å²) in [6, 6.07) is 5.09. The number of methoxy groups -OCH3 is 2. The van der Waals surface area contributed by atoms with Crippen LogP contribution in [0.2, 0.25) is 0 Å². The van der Waals surface area contributed by atoms with Crippen LogP contribution in [-0.2, 0) is 14.4 Å². The summed E-state index contributed by atoms with van der Waals surface area (Å²) in [7, 11) is 3.03. The summed E-state index contributed by atoms with van der Waals surface area (Å²) < 4.78 is 10.4. The highest BCUT2D eigenvalue weighted by molar-refractivity contribution is 6.01. The zero-order valence-electron chi connectivity index (χ0n) is 13.6. The van der Waals surface area contributed by atoms with Crippen molar-refractivity contribution < 1.29 is 29.0 Å². The predicted molar refractivity (Wildman–Crippen MR) is 85.3 cm³/mol. The first-order valence-electron chi connectivity index (χ1n) is 7.48. The van der Waals surface area contributed by atoms with Gasteiger partial charge in [0.1, 0.15) is 11.5 Å². The molecule has 0 aliphatic carbocycles. The van der Waals surface area contributed by atoms with Gasteiger partial charge in [0.15, 0.2) is 0 Å². The topological polar surface area (TPSA) is 105 Å². The van der Waals surface area contributed by atoms with Crippen LogP contribution in [0.5, 0.6) is 11.5 Å². The predicted octanol–water partition coefficient (Wildman–Crippen LogP) is 0.648. The third-order valence-corrected chi connectivity index (χ3v) is 3.81. The van der Waals surface area contributed by atoms with Gasteiger partial charge in [-0.1, -0.05) is 0 Å². The van der Waals surface area contributed by atoms with E-state index in [4.69, 9.17) is 14.6 Å². The molecule has 2 amide bonds. The Bertz CT molecular complexity index is 645. The molecule has 2 rings (SSSR count). The lowest BCUT2D eigenvalue weighted by atomic mass is 10.1. The van der Waals surface area contributed by atoms with E-state index in [-0.39, 0.29) is 37.7 Å². The quantitative estimate of drug-likeness (QED) is 0.757. The lowest BCUT2D eigenvalue weighted by Gasteiger charge is -2.20. The van der Waals surface area contributed by atoms with Crippen LogP contribution < -0.4 is 19.7 Å². The molecular weight excluding hydrogens is 316 g/mol. The van der Waals surface area contributed by atoms with Crippen molar-refractivity contribution in [3.8, 4) is 11.5 Å². The fourth-order valence-electron chi connectivity index (χ4n) is 2.56.